The second-order valence-electron chi connectivity index (χ2n) is 10.2. The molecule has 2 fully saturated rings. The number of hydrogen-bond acceptors (Lipinski definition) is 9. The Kier molecular flexibility index (Phi) is 7.33. The van der Waals surface area contributed by atoms with Gasteiger partial charge >= 0.3 is 6.18 Å². The highest BCUT2D eigenvalue weighted by atomic mass is 19.4. The van der Waals surface area contributed by atoms with Gasteiger partial charge in [-0.25, -0.2) is 19.9 Å². The zero-order valence-electron chi connectivity index (χ0n) is 21.5. The summed E-state index contributed by atoms with van der Waals surface area (Å²) in [5.74, 6) is -0.123. The van der Waals surface area contributed by atoms with Gasteiger partial charge in [-0.15, -0.1) is 0 Å². The molecule has 1 saturated carbocycles. The molecule has 4 unspecified atom stereocenters. The van der Waals surface area contributed by atoms with E-state index in [1.807, 2.05) is 18.7 Å². The highest BCUT2D eigenvalue weighted by Gasteiger charge is 2.46. The number of aliphatic hydroxyl groups excluding tert-OH is 2. The number of rotatable bonds is 7. The van der Waals surface area contributed by atoms with E-state index in [9.17, 15) is 28.2 Å². The van der Waals surface area contributed by atoms with Gasteiger partial charge in [-0.1, -0.05) is 6.92 Å². The molecule has 1 aliphatic heterocycles. The number of pyridine rings is 1. The lowest BCUT2D eigenvalue weighted by molar-refractivity contribution is -0.137. The van der Waals surface area contributed by atoms with Crippen molar-refractivity contribution in [1.82, 2.24) is 29.8 Å². The van der Waals surface area contributed by atoms with E-state index in [0.29, 0.717) is 42.3 Å². The number of nitrogens with one attached hydrogen (secondary N) is 2. The Morgan fingerprint density at radius 1 is 1.18 bits per heavy atom. The van der Waals surface area contributed by atoms with E-state index >= 15 is 0 Å². The number of carbonyl (C=O) groups is 1. The average Bonchev–Trinajstić information content (AvgIpc) is 3.62. The van der Waals surface area contributed by atoms with Crippen LogP contribution in [0.5, 0.6) is 0 Å². The lowest BCUT2D eigenvalue weighted by Crippen LogP contribution is -2.41. The number of amides is 1. The van der Waals surface area contributed by atoms with E-state index in [4.69, 9.17) is 0 Å². The Labute approximate surface area is 222 Å². The summed E-state index contributed by atoms with van der Waals surface area (Å²) in [6, 6.07) is 1.68. The predicted octanol–water partition coefficient (Wildman–Crippen LogP) is 2.13. The minimum absolute atomic E-state index is 0.0436. The largest absolute Gasteiger partial charge is 0.417 e. The van der Waals surface area contributed by atoms with Crippen molar-refractivity contribution in [3.8, 4) is 0 Å². The van der Waals surface area contributed by atoms with Crippen LogP contribution in [-0.4, -0.2) is 78.0 Å². The number of carbonyl (C=O) groups excluding carboxylic acids is 1. The SMILES string of the molecule is CCC(C)NC(=O)[C@@H]1CC(n2cnc3c(N[C@H]4CCN(c5ccc(C(F)(F)F)cn5)C4)ncnc32)C(O)C1O. The molecule has 3 aromatic rings. The number of anilines is 2. The summed E-state index contributed by atoms with van der Waals surface area (Å²) in [5.41, 5.74) is 0.130. The van der Waals surface area contributed by atoms with Gasteiger partial charge in [0.15, 0.2) is 11.5 Å². The van der Waals surface area contributed by atoms with Gasteiger partial charge in [0, 0.05) is 31.4 Å². The number of nitrogens with zero attached hydrogens (tertiary/aromatic N) is 6. The lowest BCUT2D eigenvalue weighted by atomic mass is 10.0. The molecule has 14 heteroatoms. The van der Waals surface area contributed by atoms with Gasteiger partial charge < -0.3 is 30.3 Å². The Morgan fingerprint density at radius 2 is 1.97 bits per heavy atom. The number of aliphatic hydroxyl groups is 2. The third-order valence-electron chi connectivity index (χ3n) is 7.63. The Bertz CT molecular complexity index is 1320. The van der Waals surface area contributed by atoms with Gasteiger partial charge in [0.1, 0.15) is 23.8 Å². The van der Waals surface area contributed by atoms with E-state index in [1.165, 1.54) is 18.7 Å². The molecule has 210 valence electrons. The number of halogens is 3. The Morgan fingerprint density at radius 3 is 2.67 bits per heavy atom. The van der Waals surface area contributed by atoms with E-state index < -0.39 is 35.9 Å². The fraction of sp³-hybridized carbons (Fsp3) is 0.560. The second kappa shape index (κ2) is 10.6. The highest BCUT2D eigenvalue weighted by Crippen LogP contribution is 2.38. The summed E-state index contributed by atoms with van der Waals surface area (Å²) in [4.78, 5) is 31.7. The number of hydrogen-bond donors (Lipinski definition) is 4. The van der Waals surface area contributed by atoms with E-state index in [0.717, 1.165) is 18.7 Å². The van der Waals surface area contributed by atoms with Gasteiger partial charge in [-0.2, -0.15) is 13.2 Å². The predicted molar refractivity (Wildman–Crippen MR) is 136 cm³/mol. The van der Waals surface area contributed by atoms with E-state index in [1.54, 1.807) is 4.57 Å². The minimum Gasteiger partial charge on any atom is -0.390 e. The van der Waals surface area contributed by atoms with Crippen molar-refractivity contribution in [3.63, 3.8) is 0 Å². The molecule has 2 aliphatic rings. The van der Waals surface area contributed by atoms with E-state index in [2.05, 4.69) is 30.6 Å². The average molecular weight is 549 g/mol. The first-order valence-corrected chi connectivity index (χ1v) is 13.0. The van der Waals surface area contributed by atoms with E-state index in [-0.39, 0.29) is 24.4 Å². The molecule has 0 radical (unpaired) electrons. The van der Waals surface area contributed by atoms with Crippen molar-refractivity contribution in [3.05, 3.63) is 36.5 Å². The lowest BCUT2D eigenvalue weighted by Gasteiger charge is -2.19. The summed E-state index contributed by atoms with van der Waals surface area (Å²) in [7, 11) is 0. The van der Waals surface area contributed by atoms with Crippen molar-refractivity contribution in [1.29, 1.82) is 0 Å². The molecule has 3 aromatic heterocycles. The summed E-state index contributed by atoms with van der Waals surface area (Å²) in [6.07, 6.45) is -1.43. The Balaban J connectivity index is 1.29. The van der Waals surface area contributed by atoms with Crippen LogP contribution in [0.3, 0.4) is 0 Å². The fourth-order valence-electron chi connectivity index (χ4n) is 5.22. The van der Waals surface area contributed by atoms with Crippen LogP contribution in [0, 0.1) is 5.92 Å². The molecule has 6 atom stereocenters. The number of aromatic nitrogens is 5. The molecular formula is C25H31F3N8O3. The first-order valence-electron chi connectivity index (χ1n) is 13.0. The topological polar surface area (TPSA) is 141 Å². The monoisotopic (exact) mass is 548 g/mol. The quantitative estimate of drug-likeness (QED) is 0.349. The van der Waals surface area contributed by atoms with Crippen LogP contribution >= 0.6 is 0 Å². The van der Waals surface area contributed by atoms with Gasteiger partial charge in [0.05, 0.1) is 30.0 Å². The third kappa shape index (κ3) is 5.35. The number of imidazole rings is 1. The molecule has 1 aliphatic carbocycles. The molecule has 11 nitrogen and oxygen atoms in total. The van der Waals surface area contributed by atoms with Crippen molar-refractivity contribution >= 4 is 28.7 Å². The molecular weight excluding hydrogens is 517 g/mol. The maximum absolute atomic E-state index is 12.9. The van der Waals surface area contributed by atoms with Gasteiger partial charge in [0.25, 0.3) is 0 Å². The number of fused-ring (bicyclic) bond motifs is 1. The number of alkyl halides is 3. The molecule has 39 heavy (non-hydrogen) atoms. The molecule has 4 heterocycles. The third-order valence-corrected chi connectivity index (χ3v) is 7.63. The first kappa shape index (κ1) is 27.1. The highest BCUT2D eigenvalue weighted by molar-refractivity contribution is 5.83. The Hall–Kier alpha value is -3.52. The minimum atomic E-state index is -4.43. The van der Waals surface area contributed by atoms with Crippen molar-refractivity contribution in [2.75, 3.05) is 23.3 Å². The smallest absolute Gasteiger partial charge is 0.390 e. The molecule has 4 N–H and O–H groups in total. The van der Waals surface area contributed by atoms with Crippen molar-refractivity contribution in [2.45, 2.75) is 69.6 Å². The van der Waals surface area contributed by atoms with Crippen LogP contribution in [-0.2, 0) is 11.0 Å². The van der Waals surface area contributed by atoms with Crippen LogP contribution in [0.15, 0.2) is 31.0 Å². The molecule has 5 rings (SSSR count). The van der Waals surface area contributed by atoms with Crippen molar-refractivity contribution < 1.29 is 28.2 Å². The zero-order valence-corrected chi connectivity index (χ0v) is 21.5. The summed E-state index contributed by atoms with van der Waals surface area (Å²) < 4.78 is 40.2. The molecule has 0 bridgehead atoms. The second-order valence-corrected chi connectivity index (χ2v) is 10.2. The summed E-state index contributed by atoms with van der Waals surface area (Å²) in [5, 5.41) is 27.6. The van der Waals surface area contributed by atoms with Gasteiger partial charge in [-0.05, 0) is 38.3 Å². The fourth-order valence-corrected chi connectivity index (χ4v) is 5.22. The van der Waals surface area contributed by atoms with Crippen LogP contribution in [0.2, 0.25) is 0 Å². The van der Waals surface area contributed by atoms with Crippen LogP contribution in [0.25, 0.3) is 11.2 Å². The summed E-state index contributed by atoms with van der Waals surface area (Å²) >= 11 is 0. The maximum atomic E-state index is 12.9. The first-order chi connectivity index (χ1) is 18.6. The molecule has 1 amide bonds. The molecule has 1 saturated heterocycles. The van der Waals surface area contributed by atoms with Gasteiger partial charge in [0.2, 0.25) is 5.91 Å². The molecule has 0 spiro atoms. The van der Waals surface area contributed by atoms with Crippen LogP contribution in [0.4, 0.5) is 24.8 Å². The summed E-state index contributed by atoms with van der Waals surface area (Å²) in [6.45, 7) is 4.94. The molecule has 0 aromatic carbocycles. The normalized spacial score (nSPS) is 26.2. The van der Waals surface area contributed by atoms with Crippen LogP contribution < -0.4 is 15.5 Å². The van der Waals surface area contributed by atoms with Crippen LogP contribution in [0.1, 0.15) is 44.7 Å². The zero-order chi connectivity index (χ0) is 27.9. The standard InChI is InChI=1S/C25H31F3N8O3/c1-3-13(2)33-24(39)16-8-17(21(38)20(16)37)36-12-32-19-22(30-11-31-23(19)36)34-15-6-7-35(10-15)18-5-4-14(9-29-18)25(26,27)28/h4-5,9,11-13,15-17,20-21,37-38H,3,6-8,10H2,1-2H3,(H,33,39)(H,30,31,34)/t13?,15-,16+,17?,20?,21?/m0/s1. The maximum Gasteiger partial charge on any atom is 0.417 e. The van der Waals surface area contributed by atoms with Gasteiger partial charge in [-0.3, -0.25) is 4.79 Å². The van der Waals surface area contributed by atoms with Crippen molar-refractivity contribution in [2.24, 2.45) is 5.92 Å².